The van der Waals surface area contributed by atoms with Crippen molar-refractivity contribution >= 4 is 17.7 Å². The van der Waals surface area contributed by atoms with E-state index in [4.69, 9.17) is 5.11 Å². The van der Waals surface area contributed by atoms with E-state index >= 15 is 0 Å². The highest BCUT2D eigenvalue weighted by atomic mass is 16.4. The van der Waals surface area contributed by atoms with Crippen molar-refractivity contribution in [2.45, 2.75) is 38.8 Å². The molecule has 6 nitrogen and oxygen atoms in total. The Hall–Kier alpha value is -1.43. The van der Waals surface area contributed by atoms with Crippen molar-refractivity contribution in [3.8, 4) is 0 Å². The first-order valence-corrected chi connectivity index (χ1v) is 5.26. The Morgan fingerprint density at radius 2 is 1.65 bits per heavy atom. The Labute approximate surface area is 100 Å². The van der Waals surface area contributed by atoms with Gasteiger partial charge in [-0.05, 0) is 6.92 Å². The fourth-order valence-electron chi connectivity index (χ4n) is 1.70. The Morgan fingerprint density at radius 3 is 1.88 bits per heavy atom. The summed E-state index contributed by atoms with van der Waals surface area (Å²) >= 11 is 0. The van der Waals surface area contributed by atoms with Crippen molar-refractivity contribution in [1.82, 2.24) is 0 Å². The van der Waals surface area contributed by atoms with Crippen LogP contribution in [0.1, 0.15) is 27.2 Å². The molecule has 0 aromatic rings. The predicted octanol–water partition coefficient (Wildman–Crippen LogP) is 0.358. The molecule has 0 aromatic carbocycles. The van der Waals surface area contributed by atoms with Gasteiger partial charge >= 0.3 is 11.9 Å². The van der Waals surface area contributed by atoms with E-state index in [2.05, 4.69) is 0 Å². The molecule has 0 rings (SSSR count). The molecule has 0 bridgehead atoms. The summed E-state index contributed by atoms with van der Waals surface area (Å²) in [5, 5.41) is 18.1. The monoisotopic (exact) mass is 246 g/mol. The first-order valence-electron chi connectivity index (χ1n) is 5.26. The van der Waals surface area contributed by atoms with Crippen molar-refractivity contribution in [3.05, 3.63) is 0 Å². The molecule has 0 radical (unpaired) electrons. The molecule has 0 aliphatic carbocycles. The van der Waals surface area contributed by atoms with E-state index in [9.17, 15) is 19.5 Å². The Morgan fingerprint density at radius 1 is 1.24 bits per heavy atom. The van der Waals surface area contributed by atoms with E-state index in [0.29, 0.717) is 0 Å². The third kappa shape index (κ3) is 2.82. The van der Waals surface area contributed by atoms with Crippen LogP contribution in [0.25, 0.3) is 0 Å². The molecule has 0 amide bonds. The second kappa shape index (κ2) is 4.83. The second-order valence-electron chi connectivity index (χ2n) is 4.98. The molecule has 2 unspecified atom stereocenters. The van der Waals surface area contributed by atoms with Crippen molar-refractivity contribution in [2.24, 2.45) is 0 Å². The molecule has 0 heterocycles. The van der Waals surface area contributed by atoms with Crippen LogP contribution in [0.2, 0.25) is 0 Å². The maximum atomic E-state index is 11.4. The molecule has 0 aliphatic heterocycles. The standard InChI is InChI=1S/C11H19NO5/c1-7(8(2)13)12(4,5)11(3,10(16)17)6-9(14)15/h7H,6H2,1-5H3,(H-,14,15,16,17)/p+1. The van der Waals surface area contributed by atoms with Gasteiger partial charge in [0, 0.05) is 13.8 Å². The molecule has 0 aliphatic rings. The van der Waals surface area contributed by atoms with Gasteiger partial charge in [0.1, 0.15) is 12.5 Å². The summed E-state index contributed by atoms with van der Waals surface area (Å²) in [6, 6.07) is -0.588. The van der Waals surface area contributed by atoms with Crippen LogP contribution in [-0.4, -0.2) is 58.1 Å². The predicted molar refractivity (Wildman–Crippen MR) is 60.5 cm³/mol. The zero-order valence-corrected chi connectivity index (χ0v) is 10.9. The molecule has 2 atom stereocenters. The van der Waals surface area contributed by atoms with Gasteiger partial charge in [-0.3, -0.25) is 9.59 Å². The number of ketones is 1. The van der Waals surface area contributed by atoms with Gasteiger partial charge in [0.25, 0.3) is 0 Å². The van der Waals surface area contributed by atoms with E-state index in [0.717, 1.165) is 0 Å². The van der Waals surface area contributed by atoms with Crippen LogP contribution in [0.5, 0.6) is 0 Å². The number of aliphatic carboxylic acids is 2. The number of hydrogen-bond donors (Lipinski definition) is 2. The molecule has 98 valence electrons. The van der Waals surface area contributed by atoms with Crippen LogP contribution >= 0.6 is 0 Å². The van der Waals surface area contributed by atoms with Crippen molar-refractivity contribution in [3.63, 3.8) is 0 Å². The average Bonchev–Trinajstić information content (AvgIpc) is 2.14. The lowest BCUT2D eigenvalue weighted by molar-refractivity contribution is -0.942. The van der Waals surface area contributed by atoms with E-state index in [1.807, 2.05) is 0 Å². The van der Waals surface area contributed by atoms with Gasteiger partial charge in [-0.25, -0.2) is 4.79 Å². The number of Topliss-reactive ketones (excluding diaryl/α,β-unsaturated/α-hetero) is 1. The number of carboxylic acids is 2. The number of nitrogens with zero attached hydrogens (tertiary/aromatic N) is 1. The topological polar surface area (TPSA) is 91.7 Å². The van der Waals surface area contributed by atoms with Gasteiger partial charge in [0.05, 0.1) is 14.1 Å². The fourth-order valence-corrected chi connectivity index (χ4v) is 1.70. The number of rotatable bonds is 6. The van der Waals surface area contributed by atoms with Gasteiger partial charge < -0.3 is 14.7 Å². The third-order valence-corrected chi connectivity index (χ3v) is 3.78. The summed E-state index contributed by atoms with van der Waals surface area (Å²) in [6.45, 7) is 4.32. The molecular formula is C11H20NO5+. The third-order valence-electron chi connectivity index (χ3n) is 3.78. The van der Waals surface area contributed by atoms with Crippen molar-refractivity contribution < 1.29 is 29.1 Å². The van der Waals surface area contributed by atoms with Crippen LogP contribution in [-0.2, 0) is 14.4 Å². The maximum Gasteiger partial charge on any atom is 0.366 e. The molecule has 2 N–H and O–H groups in total. The van der Waals surface area contributed by atoms with Crippen LogP contribution in [0.4, 0.5) is 0 Å². The SMILES string of the molecule is CC(=O)C(C)[N+](C)(C)C(C)(CC(=O)O)C(=O)O. The van der Waals surface area contributed by atoms with E-state index < -0.39 is 29.9 Å². The van der Waals surface area contributed by atoms with Crippen LogP contribution in [0, 0.1) is 0 Å². The number of likely N-dealkylation sites (N-methyl/N-ethyl adjacent to an activating group) is 1. The molecule has 0 aromatic heterocycles. The molecule has 0 fully saturated rings. The Bertz CT molecular complexity index is 350. The lowest BCUT2D eigenvalue weighted by Gasteiger charge is -2.46. The number of carboxylic acid groups (broad SMARTS) is 2. The minimum atomic E-state index is -1.54. The van der Waals surface area contributed by atoms with Gasteiger partial charge in [-0.15, -0.1) is 0 Å². The van der Waals surface area contributed by atoms with Gasteiger partial charge in [-0.2, -0.15) is 0 Å². The fraction of sp³-hybridized carbons (Fsp3) is 0.727. The normalized spacial score (nSPS) is 17.0. The van der Waals surface area contributed by atoms with E-state index in [1.165, 1.54) is 13.8 Å². The highest BCUT2D eigenvalue weighted by Gasteiger charge is 2.53. The zero-order chi connectivity index (χ0) is 14.0. The van der Waals surface area contributed by atoms with Gasteiger partial charge in [0.15, 0.2) is 5.78 Å². The highest BCUT2D eigenvalue weighted by Crippen LogP contribution is 2.28. The van der Waals surface area contributed by atoms with Crippen molar-refractivity contribution in [1.29, 1.82) is 0 Å². The quantitative estimate of drug-likeness (QED) is 0.660. The lowest BCUT2D eigenvalue weighted by atomic mass is 9.90. The second-order valence-corrected chi connectivity index (χ2v) is 4.98. The first-order chi connectivity index (χ1) is 7.46. The average molecular weight is 246 g/mol. The molecule has 0 saturated heterocycles. The summed E-state index contributed by atoms with van der Waals surface area (Å²) in [5.74, 6) is -2.59. The van der Waals surface area contributed by atoms with Crippen molar-refractivity contribution in [2.75, 3.05) is 14.1 Å². The number of quaternary nitrogens is 1. The Balaban J connectivity index is 5.53. The largest absolute Gasteiger partial charge is 0.481 e. The van der Waals surface area contributed by atoms with Crippen LogP contribution in [0.3, 0.4) is 0 Å². The Kier molecular flexibility index (Phi) is 4.42. The van der Waals surface area contributed by atoms with Crippen LogP contribution < -0.4 is 0 Å². The smallest absolute Gasteiger partial charge is 0.366 e. The summed E-state index contributed by atoms with van der Waals surface area (Å²) in [5.41, 5.74) is -1.54. The minimum Gasteiger partial charge on any atom is -0.481 e. The zero-order valence-electron chi connectivity index (χ0n) is 10.9. The van der Waals surface area contributed by atoms with Gasteiger partial charge in [0.2, 0.25) is 5.54 Å². The first kappa shape index (κ1) is 15.6. The molecule has 0 spiro atoms. The van der Waals surface area contributed by atoms with E-state index in [-0.39, 0.29) is 10.3 Å². The summed E-state index contributed by atoms with van der Waals surface area (Å²) in [6.07, 6.45) is -0.535. The lowest BCUT2D eigenvalue weighted by Crippen LogP contribution is -2.68. The molecule has 17 heavy (non-hydrogen) atoms. The van der Waals surface area contributed by atoms with E-state index in [1.54, 1.807) is 21.0 Å². The maximum absolute atomic E-state index is 11.4. The summed E-state index contributed by atoms with van der Waals surface area (Å²) < 4.78 is -0.204. The summed E-state index contributed by atoms with van der Waals surface area (Å²) in [4.78, 5) is 33.5. The highest BCUT2D eigenvalue weighted by molar-refractivity contribution is 5.85. The van der Waals surface area contributed by atoms with Gasteiger partial charge in [-0.1, -0.05) is 0 Å². The minimum absolute atomic E-state index is 0.173. The number of carbonyl (C=O) groups excluding carboxylic acids is 1. The molecule has 6 heteroatoms. The number of carbonyl (C=O) groups is 3. The molecular weight excluding hydrogens is 226 g/mol. The van der Waals surface area contributed by atoms with Crippen LogP contribution in [0.15, 0.2) is 0 Å². The summed E-state index contributed by atoms with van der Waals surface area (Å²) in [7, 11) is 3.12. The molecule has 0 saturated carbocycles. The number of hydrogen-bond acceptors (Lipinski definition) is 3.